The van der Waals surface area contributed by atoms with E-state index in [-0.39, 0.29) is 24.4 Å². The van der Waals surface area contributed by atoms with Gasteiger partial charge < -0.3 is 19.7 Å². The number of aromatic nitrogens is 2. The molecular weight excluding hydrogens is 551 g/mol. The number of halogens is 2. The van der Waals surface area contributed by atoms with Crippen LogP contribution in [0.25, 0.3) is 10.2 Å². The Morgan fingerprint density at radius 1 is 1.23 bits per heavy atom. The minimum atomic E-state index is -0.518. The summed E-state index contributed by atoms with van der Waals surface area (Å²) in [6.45, 7) is 6.98. The van der Waals surface area contributed by atoms with Crippen LogP contribution in [0.4, 0.5) is 20.7 Å². The molecule has 1 aliphatic heterocycles. The first-order valence-corrected chi connectivity index (χ1v) is 14.0. The molecule has 0 bridgehead atoms. The molecule has 7 nitrogen and oxygen atoms in total. The molecule has 4 aromatic rings. The number of likely N-dealkylation sites (tertiary alicyclic amines) is 1. The van der Waals surface area contributed by atoms with E-state index < -0.39 is 5.60 Å². The Balaban J connectivity index is 1.24. The minimum absolute atomic E-state index is 0.0881. The monoisotopic (exact) mass is 578 g/mol. The highest BCUT2D eigenvalue weighted by Gasteiger charge is 2.28. The van der Waals surface area contributed by atoms with Crippen molar-refractivity contribution in [2.45, 2.75) is 39.4 Å². The van der Waals surface area contributed by atoms with E-state index in [1.54, 1.807) is 29.2 Å². The van der Waals surface area contributed by atoms with Gasteiger partial charge in [-0.15, -0.1) is 11.3 Å². The van der Waals surface area contributed by atoms with Crippen LogP contribution in [0.2, 0.25) is 5.02 Å². The van der Waals surface area contributed by atoms with E-state index in [0.29, 0.717) is 35.2 Å². The van der Waals surface area contributed by atoms with Gasteiger partial charge in [0.1, 0.15) is 30.1 Å². The van der Waals surface area contributed by atoms with Crippen LogP contribution in [-0.2, 0) is 11.3 Å². The highest BCUT2D eigenvalue weighted by Crippen LogP contribution is 2.33. The first-order valence-electron chi connectivity index (χ1n) is 12.8. The molecule has 10 heteroatoms. The predicted molar refractivity (Wildman–Crippen MR) is 156 cm³/mol. The smallest absolute Gasteiger partial charge is 0.410 e. The van der Waals surface area contributed by atoms with Crippen molar-refractivity contribution in [3.63, 3.8) is 0 Å². The Morgan fingerprint density at radius 3 is 2.85 bits per heavy atom. The van der Waals surface area contributed by atoms with Crippen molar-refractivity contribution >= 4 is 50.8 Å². The first kappa shape index (κ1) is 27.7. The summed E-state index contributed by atoms with van der Waals surface area (Å²) in [7, 11) is 0. The summed E-state index contributed by atoms with van der Waals surface area (Å²) in [5.74, 6) is 7.48. The van der Waals surface area contributed by atoms with Gasteiger partial charge in [-0.1, -0.05) is 35.6 Å². The zero-order chi connectivity index (χ0) is 28.3. The van der Waals surface area contributed by atoms with Gasteiger partial charge in [0.25, 0.3) is 0 Å². The van der Waals surface area contributed by atoms with Crippen molar-refractivity contribution in [1.82, 2.24) is 14.9 Å². The molecule has 5 rings (SSSR count). The van der Waals surface area contributed by atoms with E-state index in [2.05, 4.69) is 27.1 Å². The third-order valence-electron chi connectivity index (χ3n) is 6.03. The van der Waals surface area contributed by atoms with E-state index in [0.717, 1.165) is 27.2 Å². The maximum absolute atomic E-state index is 13.4. The topological polar surface area (TPSA) is 76.6 Å². The Morgan fingerprint density at radius 2 is 2.08 bits per heavy atom. The van der Waals surface area contributed by atoms with Gasteiger partial charge in [0.05, 0.1) is 20.1 Å². The summed E-state index contributed by atoms with van der Waals surface area (Å²) in [4.78, 5) is 23.7. The van der Waals surface area contributed by atoms with Gasteiger partial charge in [-0.3, -0.25) is 0 Å². The maximum Gasteiger partial charge on any atom is 0.410 e. The third kappa shape index (κ3) is 7.00. The van der Waals surface area contributed by atoms with E-state index in [1.807, 2.05) is 32.9 Å². The molecule has 2 aromatic heterocycles. The van der Waals surface area contributed by atoms with Gasteiger partial charge in [-0.25, -0.2) is 19.2 Å². The standard InChI is InChI=1S/C30H28ClFN4O3S/c1-30(2,3)39-29(37)36-12-11-19(16-36)7-9-23-15-25-27(40-23)28(34-18-33-25)35-22-8-10-26(24(31)14-22)38-17-20-5-4-6-21(32)13-20/h4-6,8,10,13-15,18-19H,11-12,16-17H2,1-3H3,(H,33,34,35). The van der Waals surface area contributed by atoms with E-state index in [1.165, 1.54) is 29.8 Å². The number of thiophene rings is 1. The van der Waals surface area contributed by atoms with Crippen LogP contribution in [-0.4, -0.2) is 39.7 Å². The summed E-state index contributed by atoms with van der Waals surface area (Å²) in [5.41, 5.74) is 1.72. The average Bonchev–Trinajstić information content (AvgIpc) is 3.54. The second-order valence-corrected chi connectivity index (χ2v) is 11.9. The van der Waals surface area contributed by atoms with E-state index in [9.17, 15) is 9.18 Å². The molecule has 0 saturated carbocycles. The van der Waals surface area contributed by atoms with Crippen molar-refractivity contribution in [1.29, 1.82) is 0 Å². The van der Waals surface area contributed by atoms with Crippen LogP contribution < -0.4 is 10.1 Å². The second-order valence-electron chi connectivity index (χ2n) is 10.4. The number of benzene rings is 2. The van der Waals surface area contributed by atoms with Gasteiger partial charge in [-0.2, -0.15) is 0 Å². The molecule has 206 valence electrons. The lowest BCUT2D eigenvalue weighted by Crippen LogP contribution is -2.35. The van der Waals surface area contributed by atoms with Crippen molar-refractivity contribution in [3.8, 4) is 17.6 Å². The van der Waals surface area contributed by atoms with Crippen LogP contribution in [0.1, 0.15) is 37.6 Å². The van der Waals surface area contributed by atoms with Crippen LogP contribution in [0, 0.1) is 23.6 Å². The Hall–Kier alpha value is -3.87. The van der Waals surface area contributed by atoms with Crippen LogP contribution in [0.5, 0.6) is 5.75 Å². The molecular formula is C30H28ClFN4O3S. The Labute approximate surface area is 241 Å². The molecule has 40 heavy (non-hydrogen) atoms. The van der Waals surface area contributed by atoms with Crippen molar-refractivity contribution in [2.24, 2.45) is 5.92 Å². The SMILES string of the molecule is CC(C)(C)OC(=O)N1CCC(C#Cc2cc3ncnc(Nc4ccc(OCc5cccc(F)c5)c(Cl)c4)c3s2)C1. The number of hydrogen-bond donors (Lipinski definition) is 1. The fourth-order valence-corrected chi connectivity index (χ4v) is 5.32. The lowest BCUT2D eigenvalue weighted by Gasteiger charge is -2.24. The zero-order valence-corrected chi connectivity index (χ0v) is 23.9. The molecule has 1 saturated heterocycles. The molecule has 3 heterocycles. The number of hydrogen-bond acceptors (Lipinski definition) is 7. The third-order valence-corrected chi connectivity index (χ3v) is 7.37. The number of anilines is 2. The number of fused-ring (bicyclic) bond motifs is 1. The number of carbonyl (C=O) groups is 1. The number of nitrogens with zero attached hydrogens (tertiary/aromatic N) is 3. The predicted octanol–water partition coefficient (Wildman–Crippen LogP) is 7.41. The van der Waals surface area contributed by atoms with E-state index in [4.69, 9.17) is 21.1 Å². The van der Waals surface area contributed by atoms with E-state index >= 15 is 0 Å². The maximum atomic E-state index is 13.4. The van der Waals surface area contributed by atoms with Gasteiger partial charge in [0.15, 0.2) is 5.82 Å². The van der Waals surface area contributed by atoms with Crippen molar-refractivity contribution in [3.05, 3.63) is 76.1 Å². The summed E-state index contributed by atoms with van der Waals surface area (Å²) >= 11 is 7.96. The molecule has 1 fully saturated rings. The van der Waals surface area contributed by atoms with Crippen LogP contribution in [0.3, 0.4) is 0 Å². The number of rotatable bonds is 5. The Bertz CT molecular complexity index is 1610. The molecule has 1 amide bonds. The zero-order valence-electron chi connectivity index (χ0n) is 22.3. The van der Waals surface area contributed by atoms with Crippen molar-refractivity contribution < 1.29 is 18.7 Å². The van der Waals surface area contributed by atoms with Gasteiger partial charge >= 0.3 is 6.09 Å². The van der Waals surface area contributed by atoms with Crippen LogP contribution in [0.15, 0.2) is 54.9 Å². The molecule has 1 aliphatic rings. The molecule has 0 radical (unpaired) electrons. The summed E-state index contributed by atoms with van der Waals surface area (Å²) in [6, 6.07) is 13.5. The summed E-state index contributed by atoms with van der Waals surface area (Å²) < 4.78 is 25.5. The van der Waals surface area contributed by atoms with Crippen LogP contribution >= 0.6 is 22.9 Å². The van der Waals surface area contributed by atoms with Gasteiger partial charge in [0, 0.05) is 24.7 Å². The minimum Gasteiger partial charge on any atom is -0.487 e. The van der Waals surface area contributed by atoms with Gasteiger partial charge in [-0.05, 0) is 69.2 Å². The molecule has 2 aromatic carbocycles. The fraction of sp³-hybridized carbons (Fsp3) is 0.300. The van der Waals surface area contributed by atoms with Gasteiger partial charge in [0.2, 0.25) is 0 Å². The lowest BCUT2D eigenvalue weighted by molar-refractivity contribution is 0.0291. The number of ether oxygens (including phenoxy) is 2. The normalized spacial score (nSPS) is 15.0. The highest BCUT2D eigenvalue weighted by atomic mass is 35.5. The fourth-order valence-electron chi connectivity index (χ4n) is 4.17. The first-order chi connectivity index (χ1) is 19.1. The van der Waals surface area contributed by atoms with Crippen molar-refractivity contribution in [2.75, 3.05) is 18.4 Å². The number of carbonyl (C=O) groups excluding carboxylic acids is 1. The number of amides is 1. The Kier molecular flexibility index (Phi) is 8.10. The quantitative estimate of drug-likeness (QED) is 0.248. The molecule has 0 spiro atoms. The molecule has 1 N–H and O–H groups in total. The number of nitrogens with one attached hydrogen (secondary N) is 1. The summed E-state index contributed by atoms with van der Waals surface area (Å²) in [5, 5.41) is 3.73. The summed E-state index contributed by atoms with van der Waals surface area (Å²) in [6.07, 6.45) is 2.02. The second kappa shape index (κ2) is 11.7. The average molecular weight is 579 g/mol. The largest absolute Gasteiger partial charge is 0.487 e. The molecule has 0 aliphatic carbocycles. The lowest BCUT2D eigenvalue weighted by atomic mass is 10.1. The highest BCUT2D eigenvalue weighted by molar-refractivity contribution is 7.20. The molecule has 1 unspecified atom stereocenters. The molecule has 1 atom stereocenters.